The number of nitrogens with one attached hydrogen (secondary N) is 1. The van der Waals surface area contributed by atoms with Gasteiger partial charge < -0.3 is 10.1 Å². The lowest BCUT2D eigenvalue weighted by Gasteiger charge is -2.19. The molecular formula is C19H24F3N3O2. The van der Waals surface area contributed by atoms with Gasteiger partial charge in [-0.3, -0.25) is 4.79 Å². The lowest BCUT2D eigenvalue weighted by atomic mass is 9.87. The van der Waals surface area contributed by atoms with Crippen molar-refractivity contribution in [3.8, 4) is 0 Å². The highest BCUT2D eigenvalue weighted by molar-refractivity contribution is 5.89. The molecule has 0 aliphatic rings. The van der Waals surface area contributed by atoms with Gasteiger partial charge in [0.15, 0.2) is 0 Å². The predicted octanol–water partition coefficient (Wildman–Crippen LogP) is 4.14. The first-order chi connectivity index (χ1) is 12.5. The second-order valence-electron chi connectivity index (χ2n) is 7.29. The van der Waals surface area contributed by atoms with Gasteiger partial charge in [-0.2, -0.15) is 18.3 Å². The molecule has 0 unspecified atom stereocenters. The van der Waals surface area contributed by atoms with Crippen molar-refractivity contribution in [3.63, 3.8) is 0 Å². The Morgan fingerprint density at radius 3 is 2.41 bits per heavy atom. The van der Waals surface area contributed by atoms with Crippen molar-refractivity contribution in [2.24, 2.45) is 0 Å². The molecule has 148 valence electrons. The molecule has 0 atom stereocenters. The standard InChI is InChI=1S/C19H24F3N3O2/c1-18(2,3)15-6-4-14(5-7-15)12-25-16(8-10-23-25)24-17(26)9-11-27-13-19(20,21)22/h4-8,10H,9,11-13H2,1-3H3,(H,24,26). The van der Waals surface area contributed by atoms with Crippen LogP contribution in [0.4, 0.5) is 19.0 Å². The highest BCUT2D eigenvalue weighted by atomic mass is 19.4. The van der Waals surface area contributed by atoms with Crippen molar-refractivity contribution in [2.45, 2.75) is 45.3 Å². The van der Waals surface area contributed by atoms with E-state index in [1.54, 1.807) is 16.9 Å². The SMILES string of the molecule is CC(C)(C)c1ccc(Cn2nccc2NC(=O)CCOCC(F)(F)F)cc1. The number of hydrogen-bond donors (Lipinski definition) is 1. The Kier molecular flexibility index (Phi) is 6.64. The molecule has 0 bridgehead atoms. The Labute approximate surface area is 156 Å². The fraction of sp³-hybridized carbons (Fsp3) is 0.474. The Bertz CT molecular complexity index is 747. The molecule has 1 heterocycles. The Balaban J connectivity index is 1.89. The Morgan fingerprint density at radius 2 is 1.81 bits per heavy atom. The van der Waals surface area contributed by atoms with Crippen LogP contribution in [0.15, 0.2) is 36.5 Å². The van der Waals surface area contributed by atoms with E-state index in [9.17, 15) is 18.0 Å². The number of hydrogen-bond acceptors (Lipinski definition) is 3. The molecule has 5 nitrogen and oxygen atoms in total. The van der Waals surface area contributed by atoms with Crippen LogP contribution in [-0.4, -0.2) is 35.1 Å². The zero-order valence-corrected chi connectivity index (χ0v) is 15.6. The van der Waals surface area contributed by atoms with E-state index in [4.69, 9.17) is 0 Å². The van der Waals surface area contributed by atoms with Gasteiger partial charge in [0.05, 0.1) is 25.8 Å². The summed E-state index contributed by atoms with van der Waals surface area (Å²) < 4.78 is 42.1. The molecule has 27 heavy (non-hydrogen) atoms. The molecule has 1 N–H and O–H groups in total. The minimum atomic E-state index is -4.39. The molecule has 0 aliphatic heterocycles. The van der Waals surface area contributed by atoms with E-state index in [1.807, 2.05) is 12.1 Å². The number of amides is 1. The van der Waals surface area contributed by atoms with E-state index in [0.29, 0.717) is 12.4 Å². The second kappa shape index (κ2) is 8.56. The number of halogens is 3. The minimum absolute atomic E-state index is 0.0670. The zero-order chi connectivity index (χ0) is 20.1. The molecule has 0 fully saturated rings. The summed E-state index contributed by atoms with van der Waals surface area (Å²) in [7, 11) is 0. The maximum absolute atomic E-state index is 12.0. The van der Waals surface area contributed by atoms with Gasteiger partial charge in [0.25, 0.3) is 0 Å². The number of benzene rings is 1. The van der Waals surface area contributed by atoms with Gasteiger partial charge in [0.1, 0.15) is 12.4 Å². The van der Waals surface area contributed by atoms with Gasteiger partial charge in [0, 0.05) is 6.07 Å². The molecule has 0 radical (unpaired) electrons. The first kappa shape index (κ1) is 21.0. The highest BCUT2D eigenvalue weighted by Gasteiger charge is 2.27. The van der Waals surface area contributed by atoms with Crippen molar-refractivity contribution >= 4 is 11.7 Å². The van der Waals surface area contributed by atoms with Crippen LogP contribution in [-0.2, 0) is 21.5 Å². The topological polar surface area (TPSA) is 56.2 Å². The number of carbonyl (C=O) groups excluding carboxylic acids is 1. The molecule has 0 saturated carbocycles. The van der Waals surface area contributed by atoms with Gasteiger partial charge in [-0.25, -0.2) is 4.68 Å². The average molecular weight is 383 g/mol. The van der Waals surface area contributed by atoms with Gasteiger partial charge in [0.2, 0.25) is 5.91 Å². The van der Waals surface area contributed by atoms with E-state index in [1.165, 1.54) is 5.56 Å². The first-order valence-electron chi connectivity index (χ1n) is 8.60. The third-order valence-corrected chi connectivity index (χ3v) is 3.88. The summed E-state index contributed by atoms with van der Waals surface area (Å²) in [5.41, 5.74) is 2.31. The number of rotatable bonds is 7. The monoisotopic (exact) mass is 383 g/mol. The number of ether oxygens (including phenoxy) is 1. The zero-order valence-electron chi connectivity index (χ0n) is 15.6. The van der Waals surface area contributed by atoms with Gasteiger partial charge >= 0.3 is 6.18 Å². The number of nitrogens with zero attached hydrogens (tertiary/aromatic N) is 2. The quantitative estimate of drug-likeness (QED) is 0.732. The maximum atomic E-state index is 12.0. The maximum Gasteiger partial charge on any atom is 0.411 e. The summed E-state index contributed by atoms with van der Waals surface area (Å²) in [5, 5.41) is 6.83. The lowest BCUT2D eigenvalue weighted by Crippen LogP contribution is -2.21. The van der Waals surface area contributed by atoms with Crippen LogP contribution in [0.2, 0.25) is 0 Å². The van der Waals surface area contributed by atoms with Gasteiger partial charge in [-0.05, 0) is 16.5 Å². The smallest absolute Gasteiger partial charge is 0.372 e. The van der Waals surface area contributed by atoms with Crippen LogP contribution in [0.3, 0.4) is 0 Å². The average Bonchev–Trinajstić information content (AvgIpc) is 2.97. The minimum Gasteiger partial charge on any atom is -0.372 e. The molecule has 1 amide bonds. The fourth-order valence-corrected chi connectivity index (χ4v) is 2.41. The largest absolute Gasteiger partial charge is 0.411 e. The van der Waals surface area contributed by atoms with Crippen LogP contribution in [0.5, 0.6) is 0 Å². The van der Waals surface area contributed by atoms with Crippen molar-refractivity contribution in [3.05, 3.63) is 47.7 Å². The molecule has 8 heteroatoms. The van der Waals surface area contributed by atoms with E-state index >= 15 is 0 Å². The molecule has 0 spiro atoms. The van der Waals surface area contributed by atoms with Gasteiger partial charge in [-0.1, -0.05) is 45.0 Å². The van der Waals surface area contributed by atoms with E-state index in [2.05, 4.69) is 48.1 Å². The highest BCUT2D eigenvalue weighted by Crippen LogP contribution is 2.22. The van der Waals surface area contributed by atoms with Crippen LogP contribution in [0.1, 0.15) is 38.3 Å². The van der Waals surface area contributed by atoms with Crippen LogP contribution in [0.25, 0.3) is 0 Å². The molecular weight excluding hydrogens is 359 g/mol. The summed E-state index contributed by atoms with van der Waals surface area (Å²) in [6.07, 6.45) is -3.00. The Morgan fingerprint density at radius 1 is 1.15 bits per heavy atom. The second-order valence-corrected chi connectivity index (χ2v) is 7.29. The normalized spacial score (nSPS) is 12.2. The predicted molar refractivity (Wildman–Crippen MR) is 96.6 cm³/mol. The van der Waals surface area contributed by atoms with Gasteiger partial charge in [-0.15, -0.1) is 0 Å². The molecule has 1 aromatic carbocycles. The molecule has 2 aromatic rings. The van der Waals surface area contributed by atoms with Crippen molar-refractivity contribution in [1.29, 1.82) is 0 Å². The molecule has 0 saturated heterocycles. The van der Waals surface area contributed by atoms with Crippen LogP contribution >= 0.6 is 0 Å². The number of alkyl halides is 3. The third kappa shape index (κ3) is 7.05. The number of anilines is 1. The number of aromatic nitrogens is 2. The first-order valence-corrected chi connectivity index (χ1v) is 8.60. The van der Waals surface area contributed by atoms with Crippen molar-refractivity contribution in [2.75, 3.05) is 18.5 Å². The summed E-state index contributed by atoms with van der Waals surface area (Å²) in [4.78, 5) is 11.9. The van der Waals surface area contributed by atoms with E-state index < -0.39 is 18.7 Å². The summed E-state index contributed by atoms with van der Waals surface area (Å²) in [6, 6.07) is 9.79. The van der Waals surface area contributed by atoms with E-state index in [-0.39, 0.29) is 18.4 Å². The Hall–Kier alpha value is -2.35. The molecule has 2 rings (SSSR count). The van der Waals surface area contributed by atoms with Crippen LogP contribution < -0.4 is 5.32 Å². The van der Waals surface area contributed by atoms with Crippen LogP contribution in [0, 0.1) is 0 Å². The summed E-state index contributed by atoms with van der Waals surface area (Å²) in [5.74, 6) is 0.0534. The van der Waals surface area contributed by atoms with Crippen molar-refractivity contribution in [1.82, 2.24) is 9.78 Å². The third-order valence-electron chi connectivity index (χ3n) is 3.88. The van der Waals surface area contributed by atoms with E-state index in [0.717, 1.165) is 5.56 Å². The summed E-state index contributed by atoms with van der Waals surface area (Å²) >= 11 is 0. The number of carbonyl (C=O) groups is 1. The molecule has 1 aromatic heterocycles. The fourth-order valence-electron chi connectivity index (χ4n) is 2.41. The lowest BCUT2D eigenvalue weighted by molar-refractivity contribution is -0.174. The van der Waals surface area contributed by atoms with Crippen molar-refractivity contribution < 1.29 is 22.7 Å². The summed E-state index contributed by atoms with van der Waals surface area (Å²) in [6.45, 7) is 5.23. The molecule has 0 aliphatic carbocycles.